The van der Waals surface area contributed by atoms with Crippen molar-refractivity contribution in [2.45, 2.75) is 37.7 Å². The molecule has 0 bridgehead atoms. The topological polar surface area (TPSA) is 38.8 Å². The van der Waals surface area contributed by atoms with Gasteiger partial charge in [0.25, 0.3) is 0 Å². The van der Waals surface area contributed by atoms with E-state index >= 15 is 0 Å². The molecular formula is C17H25NO3. The van der Waals surface area contributed by atoms with Crippen molar-refractivity contribution in [3.63, 3.8) is 0 Å². The van der Waals surface area contributed by atoms with Gasteiger partial charge < -0.3 is 14.4 Å². The molecule has 116 valence electrons. The summed E-state index contributed by atoms with van der Waals surface area (Å²) in [4.78, 5) is 13.3. The van der Waals surface area contributed by atoms with Gasteiger partial charge in [-0.05, 0) is 30.7 Å². The fourth-order valence-corrected chi connectivity index (χ4v) is 3.17. The SMILES string of the molecule is COC(=O)N1CCC(CC(C)c2ccccc2)(OC)CC1. The van der Waals surface area contributed by atoms with E-state index in [1.165, 1.54) is 12.7 Å². The molecule has 0 aromatic heterocycles. The second kappa shape index (κ2) is 6.94. The summed E-state index contributed by atoms with van der Waals surface area (Å²) in [7, 11) is 3.21. The van der Waals surface area contributed by atoms with Crippen LogP contribution in [-0.2, 0) is 9.47 Å². The van der Waals surface area contributed by atoms with Crippen LogP contribution in [0.3, 0.4) is 0 Å². The third kappa shape index (κ3) is 3.76. The van der Waals surface area contributed by atoms with Gasteiger partial charge in [-0.25, -0.2) is 4.79 Å². The molecule has 1 aromatic rings. The molecule has 1 amide bonds. The van der Waals surface area contributed by atoms with Crippen molar-refractivity contribution in [3.05, 3.63) is 35.9 Å². The van der Waals surface area contributed by atoms with Crippen LogP contribution in [0.5, 0.6) is 0 Å². The second-order valence-corrected chi connectivity index (χ2v) is 5.86. The van der Waals surface area contributed by atoms with Crippen LogP contribution >= 0.6 is 0 Å². The summed E-state index contributed by atoms with van der Waals surface area (Å²) in [5.41, 5.74) is 1.20. The van der Waals surface area contributed by atoms with E-state index < -0.39 is 0 Å². The Hall–Kier alpha value is -1.55. The minimum atomic E-state index is -0.240. The van der Waals surface area contributed by atoms with Crippen LogP contribution in [-0.4, -0.2) is 43.9 Å². The van der Waals surface area contributed by atoms with E-state index in [1.54, 1.807) is 12.0 Å². The van der Waals surface area contributed by atoms with E-state index in [-0.39, 0.29) is 11.7 Å². The number of likely N-dealkylation sites (tertiary alicyclic amines) is 1. The van der Waals surface area contributed by atoms with Crippen LogP contribution in [0.4, 0.5) is 4.79 Å². The van der Waals surface area contributed by atoms with Crippen molar-refractivity contribution in [1.82, 2.24) is 4.90 Å². The molecule has 4 nitrogen and oxygen atoms in total. The van der Waals surface area contributed by atoms with Gasteiger partial charge in [0.15, 0.2) is 0 Å². The van der Waals surface area contributed by atoms with E-state index in [0.717, 1.165) is 19.3 Å². The minimum absolute atomic E-state index is 0.139. The number of benzene rings is 1. The molecule has 1 saturated heterocycles. The fourth-order valence-electron chi connectivity index (χ4n) is 3.17. The van der Waals surface area contributed by atoms with Gasteiger partial charge in [-0.1, -0.05) is 37.3 Å². The van der Waals surface area contributed by atoms with E-state index in [1.807, 2.05) is 6.07 Å². The summed E-state index contributed by atoms with van der Waals surface area (Å²) in [5, 5.41) is 0. The van der Waals surface area contributed by atoms with Crippen molar-refractivity contribution in [1.29, 1.82) is 0 Å². The summed E-state index contributed by atoms with van der Waals surface area (Å²) in [6.45, 7) is 3.63. The van der Waals surface area contributed by atoms with Crippen molar-refractivity contribution in [3.8, 4) is 0 Å². The molecule has 0 radical (unpaired) electrons. The molecule has 4 heteroatoms. The van der Waals surface area contributed by atoms with E-state index in [4.69, 9.17) is 9.47 Å². The molecule has 1 aliphatic rings. The lowest BCUT2D eigenvalue weighted by Crippen LogP contribution is -2.48. The number of rotatable bonds is 4. The van der Waals surface area contributed by atoms with Gasteiger partial charge in [0.05, 0.1) is 12.7 Å². The predicted octanol–water partition coefficient (Wildman–Crippen LogP) is 3.43. The van der Waals surface area contributed by atoms with Crippen LogP contribution in [0.15, 0.2) is 30.3 Å². The molecular weight excluding hydrogens is 266 g/mol. The Bertz CT molecular complexity index is 452. The zero-order valence-electron chi connectivity index (χ0n) is 13.2. The van der Waals surface area contributed by atoms with E-state index in [2.05, 4.69) is 31.2 Å². The maximum absolute atomic E-state index is 11.6. The van der Waals surface area contributed by atoms with Gasteiger partial charge in [0.2, 0.25) is 0 Å². The molecule has 21 heavy (non-hydrogen) atoms. The largest absolute Gasteiger partial charge is 0.453 e. The zero-order valence-corrected chi connectivity index (χ0v) is 13.2. The summed E-state index contributed by atoms with van der Waals surface area (Å²) in [6.07, 6.45) is 2.45. The molecule has 1 aromatic carbocycles. The average Bonchev–Trinajstić information content (AvgIpc) is 2.55. The Morgan fingerprint density at radius 2 is 1.86 bits per heavy atom. The molecule has 2 rings (SSSR count). The first-order chi connectivity index (χ1) is 10.1. The number of piperidine rings is 1. The molecule has 0 spiro atoms. The minimum Gasteiger partial charge on any atom is -0.453 e. The normalized spacial score (nSPS) is 19.1. The van der Waals surface area contributed by atoms with Gasteiger partial charge >= 0.3 is 6.09 Å². The Kier molecular flexibility index (Phi) is 5.23. The highest BCUT2D eigenvalue weighted by molar-refractivity contribution is 5.67. The number of carbonyl (C=O) groups excluding carboxylic acids is 1. The molecule has 1 unspecified atom stereocenters. The quantitative estimate of drug-likeness (QED) is 0.853. The lowest BCUT2D eigenvalue weighted by atomic mass is 9.81. The third-order valence-corrected chi connectivity index (χ3v) is 4.59. The summed E-state index contributed by atoms with van der Waals surface area (Å²) in [6, 6.07) is 10.5. The highest BCUT2D eigenvalue weighted by Gasteiger charge is 2.37. The van der Waals surface area contributed by atoms with Crippen molar-refractivity contribution >= 4 is 6.09 Å². The molecule has 1 heterocycles. The smallest absolute Gasteiger partial charge is 0.409 e. The number of hydrogen-bond donors (Lipinski definition) is 0. The molecule has 1 fully saturated rings. The average molecular weight is 291 g/mol. The summed E-state index contributed by atoms with van der Waals surface area (Å²) in [5.74, 6) is 0.441. The van der Waals surface area contributed by atoms with Crippen LogP contribution in [0.1, 0.15) is 37.7 Å². The number of amides is 1. The molecule has 1 aliphatic heterocycles. The first-order valence-corrected chi connectivity index (χ1v) is 7.53. The van der Waals surface area contributed by atoms with Gasteiger partial charge in [-0.15, -0.1) is 0 Å². The summed E-state index contributed by atoms with van der Waals surface area (Å²) >= 11 is 0. The maximum atomic E-state index is 11.6. The lowest BCUT2D eigenvalue weighted by Gasteiger charge is -2.41. The fraction of sp³-hybridized carbons (Fsp3) is 0.588. The Labute approximate surface area is 127 Å². The number of hydrogen-bond acceptors (Lipinski definition) is 3. The van der Waals surface area contributed by atoms with Crippen molar-refractivity contribution in [2.75, 3.05) is 27.3 Å². The second-order valence-electron chi connectivity index (χ2n) is 5.86. The lowest BCUT2D eigenvalue weighted by molar-refractivity contribution is -0.0629. The maximum Gasteiger partial charge on any atom is 0.409 e. The number of nitrogens with zero attached hydrogens (tertiary/aromatic N) is 1. The Balaban J connectivity index is 1.99. The predicted molar refractivity (Wildman–Crippen MR) is 82.4 cm³/mol. The molecule has 0 N–H and O–H groups in total. The van der Waals surface area contributed by atoms with Gasteiger partial charge in [-0.3, -0.25) is 0 Å². The third-order valence-electron chi connectivity index (χ3n) is 4.59. The number of ether oxygens (including phenoxy) is 2. The Morgan fingerprint density at radius 3 is 2.38 bits per heavy atom. The van der Waals surface area contributed by atoms with Crippen LogP contribution < -0.4 is 0 Å². The summed E-state index contributed by atoms with van der Waals surface area (Å²) < 4.78 is 10.6. The first kappa shape index (κ1) is 15.8. The van der Waals surface area contributed by atoms with Crippen LogP contribution in [0, 0.1) is 0 Å². The monoisotopic (exact) mass is 291 g/mol. The van der Waals surface area contributed by atoms with Crippen LogP contribution in [0.25, 0.3) is 0 Å². The van der Waals surface area contributed by atoms with E-state index in [0.29, 0.717) is 19.0 Å². The highest BCUT2D eigenvalue weighted by atomic mass is 16.5. The zero-order chi connectivity index (χ0) is 15.3. The standard InChI is InChI=1S/C17H25NO3/c1-14(15-7-5-4-6-8-15)13-17(21-3)9-11-18(12-10-17)16(19)20-2/h4-8,14H,9-13H2,1-3H3. The Morgan fingerprint density at radius 1 is 1.24 bits per heavy atom. The molecule has 0 saturated carbocycles. The highest BCUT2D eigenvalue weighted by Crippen LogP contribution is 2.35. The number of methoxy groups -OCH3 is 2. The van der Waals surface area contributed by atoms with E-state index in [9.17, 15) is 4.79 Å². The first-order valence-electron chi connectivity index (χ1n) is 7.53. The van der Waals surface area contributed by atoms with Gasteiger partial charge in [0, 0.05) is 20.2 Å². The molecule has 1 atom stereocenters. The van der Waals surface area contributed by atoms with Gasteiger partial charge in [0.1, 0.15) is 0 Å². The van der Waals surface area contributed by atoms with Crippen molar-refractivity contribution < 1.29 is 14.3 Å². The van der Waals surface area contributed by atoms with Crippen molar-refractivity contribution in [2.24, 2.45) is 0 Å². The molecule has 0 aliphatic carbocycles. The van der Waals surface area contributed by atoms with Gasteiger partial charge in [-0.2, -0.15) is 0 Å². The van der Waals surface area contributed by atoms with Crippen LogP contribution in [0.2, 0.25) is 0 Å². The number of carbonyl (C=O) groups is 1.